The molecule has 0 aromatic heterocycles. The van der Waals surface area contributed by atoms with Crippen molar-refractivity contribution in [2.75, 3.05) is 29.9 Å². The summed E-state index contributed by atoms with van der Waals surface area (Å²) in [4.78, 5) is 2.53. The van der Waals surface area contributed by atoms with E-state index in [9.17, 15) is 0 Å². The Morgan fingerprint density at radius 3 is 2.56 bits per heavy atom. The summed E-state index contributed by atoms with van der Waals surface area (Å²) in [6.07, 6.45) is 5.29. The number of piperidine rings is 1. The van der Waals surface area contributed by atoms with Crippen LogP contribution in [0.15, 0.2) is 24.3 Å². The summed E-state index contributed by atoms with van der Waals surface area (Å²) in [5.41, 5.74) is 2.70. The SMILES string of the molecule is CC(C)CCNc1ccccc1N1CCCCC1. The van der Waals surface area contributed by atoms with Crippen LogP contribution in [-0.4, -0.2) is 19.6 Å². The summed E-state index contributed by atoms with van der Waals surface area (Å²) in [5, 5.41) is 3.60. The molecule has 1 heterocycles. The van der Waals surface area contributed by atoms with Gasteiger partial charge in [-0.15, -0.1) is 0 Å². The lowest BCUT2D eigenvalue weighted by Crippen LogP contribution is -2.30. The number of anilines is 2. The van der Waals surface area contributed by atoms with Crippen molar-refractivity contribution in [1.29, 1.82) is 0 Å². The van der Waals surface area contributed by atoms with Crippen molar-refractivity contribution in [1.82, 2.24) is 0 Å². The van der Waals surface area contributed by atoms with Gasteiger partial charge in [-0.25, -0.2) is 0 Å². The third-order valence-corrected chi connectivity index (χ3v) is 3.64. The van der Waals surface area contributed by atoms with Gasteiger partial charge < -0.3 is 10.2 Å². The zero-order chi connectivity index (χ0) is 12.8. The summed E-state index contributed by atoms with van der Waals surface area (Å²) in [5.74, 6) is 0.764. The molecule has 1 aliphatic rings. The van der Waals surface area contributed by atoms with Crippen molar-refractivity contribution in [3.05, 3.63) is 24.3 Å². The fraction of sp³-hybridized carbons (Fsp3) is 0.625. The third kappa shape index (κ3) is 3.66. The fourth-order valence-corrected chi connectivity index (χ4v) is 2.53. The maximum atomic E-state index is 3.60. The number of para-hydroxylation sites is 2. The molecule has 0 bridgehead atoms. The standard InChI is InChI=1S/C16H26N2/c1-14(2)10-11-17-15-8-4-5-9-16(15)18-12-6-3-7-13-18/h4-5,8-9,14,17H,3,6-7,10-13H2,1-2H3. The Balaban J connectivity index is 2.00. The van der Waals surface area contributed by atoms with Gasteiger partial charge in [0.05, 0.1) is 11.4 Å². The van der Waals surface area contributed by atoms with E-state index < -0.39 is 0 Å². The highest BCUT2D eigenvalue weighted by molar-refractivity contribution is 5.70. The van der Waals surface area contributed by atoms with Crippen LogP contribution in [0.3, 0.4) is 0 Å². The van der Waals surface area contributed by atoms with Crippen molar-refractivity contribution in [2.45, 2.75) is 39.5 Å². The first-order chi connectivity index (χ1) is 8.77. The first kappa shape index (κ1) is 13.3. The van der Waals surface area contributed by atoms with Crippen LogP contribution in [-0.2, 0) is 0 Å². The highest BCUT2D eigenvalue weighted by Gasteiger charge is 2.13. The molecule has 0 unspecified atom stereocenters. The second-order valence-corrected chi connectivity index (χ2v) is 5.67. The normalized spacial score (nSPS) is 16.1. The second kappa shape index (κ2) is 6.67. The molecule has 2 nitrogen and oxygen atoms in total. The number of benzene rings is 1. The van der Waals surface area contributed by atoms with E-state index in [0.29, 0.717) is 0 Å². The topological polar surface area (TPSA) is 15.3 Å². The van der Waals surface area contributed by atoms with Crippen LogP contribution in [0.2, 0.25) is 0 Å². The van der Waals surface area contributed by atoms with Crippen LogP contribution in [0.25, 0.3) is 0 Å². The number of rotatable bonds is 5. The molecule has 0 aliphatic carbocycles. The highest BCUT2D eigenvalue weighted by Crippen LogP contribution is 2.28. The minimum atomic E-state index is 0.764. The lowest BCUT2D eigenvalue weighted by Gasteiger charge is -2.30. The molecule has 0 radical (unpaired) electrons. The molecule has 18 heavy (non-hydrogen) atoms. The van der Waals surface area contributed by atoms with Crippen LogP contribution in [0.1, 0.15) is 39.5 Å². The van der Waals surface area contributed by atoms with Gasteiger partial charge in [0.1, 0.15) is 0 Å². The van der Waals surface area contributed by atoms with Gasteiger partial charge >= 0.3 is 0 Å². The van der Waals surface area contributed by atoms with Crippen LogP contribution in [0, 0.1) is 5.92 Å². The smallest absolute Gasteiger partial charge is 0.0602 e. The van der Waals surface area contributed by atoms with Gasteiger partial charge in [0.2, 0.25) is 0 Å². The Bertz CT molecular complexity index is 354. The van der Waals surface area contributed by atoms with Gasteiger partial charge in [-0.2, -0.15) is 0 Å². The lowest BCUT2D eigenvalue weighted by molar-refractivity contribution is 0.577. The van der Waals surface area contributed by atoms with E-state index in [0.717, 1.165) is 12.5 Å². The number of hydrogen-bond donors (Lipinski definition) is 1. The number of nitrogens with one attached hydrogen (secondary N) is 1. The molecule has 100 valence electrons. The molecular formula is C16H26N2. The molecule has 2 rings (SSSR count). The first-order valence-corrected chi connectivity index (χ1v) is 7.35. The molecule has 1 N–H and O–H groups in total. The van der Waals surface area contributed by atoms with Crippen LogP contribution < -0.4 is 10.2 Å². The summed E-state index contributed by atoms with van der Waals surface area (Å²) in [7, 11) is 0. The van der Waals surface area contributed by atoms with Crippen molar-refractivity contribution < 1.29 is 0 Å². The second-order valence-electron chi connectivity index (χ2n) is 5.67. The Kier molecular flexibility index (Phi) is 4.91. The van der Waals surface area contributed by atoms with Crippen molar-refractivity contribution in [2.24, 2.45) is 5.92 Å². The molecule has 1 aliphatic heterocycles. The highest BCUT2D eigenvalue weighted by atomic mass is 15.1. The Morgan fingerprint density at radius 1 is 1.11 bits per heavy atom. The van der Waals surface area contributed by atoms with E-state index in [1.54, 1.807) is 0 Å². The Hall–Kier alpha value is -1.18. The van der Waals surface area contributed by atoms with Gasteiger partial charge in [0.25, 0.3) is 0 Å². The molecule has 0 amide bonds. The van der Waals surface area contributed by atoms with Crippen LogP contribution in [0.4, 0.5) is 11.4 Å². The first-order valence-electron chi connectivity index (χ1n) is 7.35. The summed E-state index contributed by atoms with van der Waals surface area (Å²) >= 11 is 0. The van der Waals surface area contributed by atoms with Crippen LogP contribution >= 0.6 is 0 Å². The van der Waals surface area contributed by atoms with E-state index >= 15 is 0 Å². The van der Waals surface area contributed by atoms with Crippen molar-refractivity contribution in [3.8, 4) is 0 Å². The van der Waals surface area contributed by atoms with Gasteiger partial charge in [0, 0.05) is 19.6 Å². The number of nitrogens with zero attached hydrogens (tertiary/aromatic N) is 1. The zero-order valence-electron chi connectivity index (χ0n) is 11.8. The van der Waals surface area contributed by atoms with E-state index in [-0.39, 0.29) is 0 Å². The Morgan fingerprint density at radius 2 is 1.83 bits per heavy atom. The predicted octanol–water partition coefficient (Wildman–Crippen LogP) is 4.13. The van der Waals surface area contributed by atoms with E-state index in [1.807, 2.05) is 0 Å². The third-order valence-electron chi connectivity index (χ3n) is 3.64. The maximum Gasteiger partial charge on any atom is 0.0602 e. The van der Waals surface area contributed by atoms with Gasteiger partial charge in [0.15, 0.2) is 0 Å². The molecule has 0 saturated carbocycles. The largest absolute Gasteiger partial charge is 0.383 e. The summed E-state index contributed by atoms with van der Waals surface area (Å²) in [6.45, 7) is 8.05. The average molecular weight is 246 g/mol. The van der Waals surface area contributed by atoms with Crippen molar-refractivity contribution >= 4 is 11.4 Å². The quantitative estimate of drug-likeness (QED) is 0.840. The zero-order valence-corrected chi connectivity index (χ0v) is 11.8. The van der Waals surface area contributed by atoms with Crippen LogP contribution in [0.5, 0.6) is 0 Å². The molecule has 1 aromatic carbocycles. The minimum absolute atomic E-state index is 0.764. The average Bonchev–Trinajstić information content (AvgIpc) is 2.40. The molecule has 2 heteroatoms. The lowest BCUT2D eigenvalue weighted by atomic mass is 10.1. The van der Waals surface area contributed by atoms with Gasteiger partial charge in [-0.1, -0.05) is 26.0 Å². The predicted molar refractivity (Wildman–Crippen MR) is 80.5 cm³/mol. The molecule has 1 aromatic rings. The summed E-state index contributed by atoms with van der Waals surface area (Å²) in [6, 6.07) is 8.75. The van der Waals surface area contributed by atoms with E-state index in [4.69, 9.17) is 0 Å². The van der Waals surface area contributed by atoms with Gasteiger partial charge in [-0.05, 0) is 43.7 Å². The minimum Gasteiger partial charge on any atom is -0.383 e. The molecule has 1 saturated heterocycles. The number of hydrogen-bond acceptors (Lipinski definition) is 2. The Labute approximate surface area is 111 Å². The van der Waals surface area contributed by atoms with Gasteiger partial charge in [-0.3, -0.25) is 0 Å². The van der Waals surface area contributed by atoms with E-state index in [2.05, 4.69) is 48.3 Å². The fourth-order valence-electron chi connectivity index (χ4n) is 2.53. The monoisotopic (exact) mass is 246 g/mol. The van der Waals surface area contributed by atoms with Crippen molar-refractivity contribution in [3.63, 3.8) is 0 Å². The maximum absolute atomic E-state index is 3.60. The molecule has 0 atom stereocenters. The molecular weight excluding hydrogens is 220 g/mol. The van der Waals surface area contributed by atoms with E-state index in [1.165, 1.54) is 50.1 Å². The molecule has 0 spiro atoms. The summed E-state index contributed by atoms with van der Waals surface area (Å²) < 4.78 is 0. The molecule has 1 fully saturated rings.